The third kappa shape index (κ3) is 5.99. The highest BCUT2D eigenvalue weighted by atomic mass is 32.3. The van der Waals surface area contributed by atoms with Gasteiger partial charge in [-0.15, -0.1) is 0 Å². The number of aryl methyl sites for hydroxylation is 1. The Morgan fingerprint density at radius 3 is 1.23 bits per heavy atom. The van der Waals surface area contributed by atoms with Crippen molar-refractivity contribution in [2.24, 2.45) is 0 Å². The van der Waals surface area contributed by atoms with Crippen molar-refractivity contribution in [1.82, 2.24) is 0 Å². The monoisotopic (exact) mass is 908 g/mol. The van der Waals surface area contributed by atoms with Crippen molar-refractivity contribution in [2.45, 2.75) is 62.2 Å². The van der Waals surface area contributed by atoms with Crippen molar-refractivity contribution in [3.8, 4) is 33.4 Å². The Kier molecular flexibility index (Phi) is 8.99. The van der Waals surface area contributed by atoms with Crippen molar-refractivity contribution in [3.63, 3.8) is 0 Å². The van der Waals surface area contributed by atoms with Gasteiger partial charge in [0.1, 0.15) is 0 Å². The zero-order chi connectivity index (χ0) is 47.1. The first kappa shape index (κ1) is 41.8. The predicted octanol–water partition coefficient (Wildman–Crippen LogP) is 18.6. The van der Waals surface area contributed by atoms with Crippen LogP contribution in [0.3, 0.4) is 0 Å². The van der Waals surface area contributed by atoms with Gasteiger partial charge in [-0.3, -0.25) is 0 Å². The maximum Gasteiger partial charge on any atom is 0.0468 e. The van der Waals surface area contributed by atoms with Gasteiger partial charge in [-0.05, 0) is 224 Å². The summed E-state index contributed by atoms with van der Waals surface area (Å²) in [6.45, 7) is 14.7. The molecule has 0 radical (unpaired) electrons. The number of fused-ring (bicyclic) bond motifs is 12. The van der Waals surface area contributed by atoms with Crippen LogP contribution in [-0.2, 0) is 10.8 Å². The molecule has 0 unspecified atom stereocenters. The van der Waals surface area contributed by atoms with Gasteiger partial charge in [-0.2, -0.15) is 10.0 Å². The summed E-state index contributed by atoms with van der Waals surface area (Å²) in [5, 5.41) is 5.10. The normalized spacial score (nSPS) is 15.5. The molecule has 69 heavy (non-hydrogen) atoms. The molecular weight excluding hydrogens is 853 g/mol. The molecule has 336 valence electrons. The maximum atomic E-state index is 2.63. The van der Waals surface area contributed by atoms with Crippen LogP contribution in [0.2, 0.25) is 0 Å². The average molecular weight is 909 g/mol. The Labute approximate surface area is 408 Å². The van der Waals surface area contributed by atoms with Crippen LogP contribution in [-0.4, -0.2) is 12.5 Å². The molecule has 0 saturated carbocycles. The summed E-state index contributed by atoms with van der Waals surface area (Å²) in [5.41, 5.74) is 23.8. The molecule has 1 heterocycles. The van der Waals surface area contributed by atoms with Crippen LogP contribution in [0.5, 0.6) is 0 Å². The smallest absolute Gasteiger partial charge is 0.0468 e. The minimum Gasteiger partial charge on any atom is -0.310 e. The topological polar surface area (TPSA) is 6.48 Å². The van der Waals surface area contributed by atoms with Crippen LogP contribution in [0, 0.1) is 13.8 Å². The Morgan fingerprint density at radius 1 is 0.348 bits per heavy atom. The number of rotatable bonds is 6. The summed E-state index contributed by atoms with van der Waals surface area (Å²) in [6.07, 6.45) is 5.18. The standard InChI is InChI=1S/C66H56N2S/c1-41-33-53-54-40-59-61(56-37-44-30-32-51(34-45(44)38-57(56)65(59,3)4)67(47-21-13-9-14-22-47)48-23-15-10-16-24-48)42(2)63(54)69(7,8)64(53)62-60(41)55-36-43-29-31-52(35-46(43)39-58(55)66(62,5)6)68(49-25-17-11-18-26-49)50-27-19-12-20-28-50/h9-40H,1-8H3. The van der Waals surface area contributed by atoms with E-state index in [-0.39, 0.29) is 10.8 Å². The SMILES string of the molecule is Cc1cc2c(c3c1-c1cc4ccc(N(c5ccccc5)c5ccccc5)cc4cc1C3(C)C)S(C)(C)c1c-2cc2c(c1C)-c1cc3ccc(N(c4ccccc4)c4ccccc4)cc3cc1C2(C)C. The van der Waals surface area contributed by atoms with Gasteiger partial charge in [0.05, 0.1) is 0 Å². The molecule has 10 aromatic carbocycles. The van der Waals surface area contributed by atoms with Gasteiger partial charge in [-0.25, -0.2) is 0 Å². The summed E-state index contributed by atoms with van der Waals surface area (Å²) >= 11 is 0. The number of hydrogen-bond donors (Lipinski definition) is 0. The molecule has 13 rings (SSSR count). The van der Waals surface area contributed by atoms with Gasteiger partial charge >= 0.3 is 0 Å². The number of nitrogens with zero attached hydrogens (tertiary/aromatic N) is 2. The van der Waals surface area contributed by atoms with E-state index < -0.39 is 10.0 Å². The van der Waals surface area contributed by atoms with Crippen molar-refractivity contribution >= 4 is 65.7 Å². The first-order valence-corrected chi connectivity index (χ1v) is 26.8. The molecule has 0 aromatic heterocycles. The maximum absolute atomic E-state index is 2.63. The second kappa shape index (κ2) is 14.8. The van der Waals surface area contributed by atoms with E-state index >= 15 is 0 Å². The summed E-state index contributed by atoms with van der Waals surface area (Å²) in [5.74, 6) is 0. The van der Waals surface area contributed by atoms with E-state index in [1.807, 2.05) is 0 Å². The molecule has 0 atom stereocenters. The van der Waals surface area contributed by atoms with Crippen LogP contribution in [0.4, 0.5) is 34.1 Å². The lowest BCUT2D eigenvalue weighted by atomic mass is 9.79. The molecule has 2 aliphatic carbocycles. The minimum atomic E-state index is -1.44. The van der Waals surface area contributed by atoms with Gasteiger partial charge in [-0.1, -0.05) is 113 Å². The fourth-order valence-corrected chi connectivity index (χ4v) is 16.2. The van der Waals surface area contributed by atoms with Gasteiger partial charge in [0.15, 0.2) is 0 Å². The zero-order valence-corrected chi connectivity index (χ0v) is 41.6. The van der Waals surface area contributed by atoms with E-state index in [1.54, 1.807) is 9.79 Å². The second-order valence-electron chi connectivity index (χ2n) is 21.1. The average Bonchev–Trinajstić information content (AvgIpc) is 3.83. The van der Waals surface area contributed by atoms with Gasteiger partial charge in [0.2, 0.25) is 0 Å². The highest BCUT2D eigenvalue weighted by molar-refractivity contribution is 8.33. The number of hydrogen-bond acceptors (Lipinski definition) is 2. The Balaban J connectivity index is 0.927. The molecule has 0 N–H and O–H groups in total. The third-order valence-corrected chi connectivity index (χ3v) is 19.0. The fraction of sp³-hybridized carbons (Fsp3) is 0.152. The van der Waals surface area contributed by atoms with Crippen LogP contribution in [0.1, 0.15) is 61.1 Å². The summed E-state index contributed by atoms with van der Waals surface area (Å²) in [4.78, 5) is 7.89. The molecule has 2 nitrogen and oxygen atoms in total. The Bertz CT molecular complexity index is 3680. The molecule has 1 aliphatic heterocycles. The molecule has 0 saturated heterocycles. The van der Waals surface area contributed by atoms with Crippen molar-refractivity contribution < 1.29 is 0 Å². The summed E-state index contributed by atoms with van der Waals surface area (Å²) < 4.78 is 0. The van der Waals surface area contributed by atoms with E-state index in [1.165, 1.54) is 88.3 Å². The van der Waals surface area contributed by atoms with Crippen molar-refractivity contribution in [1.29, 1.82) is 0 Å². The molecule has 0 fully saturated rings. The molecule has 0 spiro atoms. The van der Waals surface area contributed by atoms with E-state index in [0.29, 0.717) is 0 Å². The van der Waals surface area contributed by atoms with Crippen molar-refractivity contribution in [2.75, 3.05) is 22.3 Å². The van der Waals surface area contributed by atoms with Crippen LogP contribution in [0.25, 0.3) is 54.9 Å². The molecule has 0 bridgehead atoms. The second-order valence-corrected chi connectivity index (χ2v) is 24.5. The van der Waals surface area contributed by atoms with Crippen LogP contribution in [0.15, 0.2) is 204 Å². The Morgan fingerprint density at radius 2 is 0.768 bits per heavy atom. The Hall–Kier alpha value is -7.33. The van der Waals surface area contributed by atoms with Gasteiger partial charge in [0, 0.05) is 54.7 Å². The quantitative estimate of drug-likeness (QED) is 0.164. The lowest BCUT2D eigenvalue weighted by Crippen LogP contribution is -2.18. The highest BCUT2D eigenvalue weighted by Gasteiger charge is 2.48. The first-order valence-electron chi connectivity index (χ1n) is 24.4. The third-order valence-electron chi connectivity index (χ3n) is 16.0. The van der Waals surface area contributed by atoms with E-state index in [0.717, 1.165) is 34.1 Å². The predicted molar refractivity (Wildman–Crippen MR) is 297 cm³/mol. The lowest BCUT2D eigenvalue weighted by Gasteiger charge is -2.36. The van der Waals surface area contributed by atoms with Gasteiger partial charge < -0.3 is 9.80 Å². The zero-order valence-electron chi connectivity index (χ0n) is 40.8. The lowest BCUT2D eigenvalue weighted by molar-refractivity contribution is 0.647. The largest absolute Gasteiger partial charge is 0.310 e. The van der Waals surface area contributed by atoms with Crippen LogP contribution >= 0.6 is 10.0 Å². The van der Waals surface area contributed by atoms with E-state index in [2.05, 4.69) is 258 Å². The summed E-state index contributed by atoms with van der Waals surface area (Å²) in [6, 6.07) is 72.2. The minimum absolute atomic E-state index is 0.174. The van der Waals surface area contributed by atoms with E-state index in [9.17, 15) is 0 Å². The number of anilines is 6. The molecular formula is C66H56N2S. The van der Waals surface area contributed by atoms with E-state index in [4.69, 9.17) is 0 Å². The fourth-order valence-electron chi connectivity index (χ4n) is 12.9. The first-order chi connectivity index (χ1) is 33.3. The highest BCUT2D eigenvalue weighted by Crippen LogP contribution is 2.74. The number of para-hydroxylation sites is 4. The molecule has 10 aromatic rings. The van der Waals surface area contributed by atoms with Crippen LogP contribution < -0.4 is 9.80 Å². The van der Waals surface area contributed by atoms with Crippen molar-refractivity contribution in [3.05, 3.63) is 228 Å². The van der Waals surface area contributed by atoms with Gasteiger partial charge in [0.25, 0.3) is 0 Å². The molecule has 3 aliphatic rings. The number of benzene rings is 10. The molecule has 0 amide bonds. The summed E-state index contributed by atoms with van der Waals surface area (Å²) in [7, 11) is -1.44. The molecule has 3 heteroatoms.